The van der Waals surface area contributed by atoms with Crippen molar-refractivity contribution in [3.63, 3.8) is 0 Å². The second-order valence-corrected chi connectivity index (χ2v) is 4.29. The lowest BCUT2D eigenvalue weighted by molar-refractivity contribution is -0.159. The summed E-state index contributed by atoms with van der Waals surface area (Å²) in [5.41, 5.74) is -1.48. The van der Waals surface area contributed by atoms with Gasteiger partial charge in [-0.3, -0.25) is 0 Å². The summed E-state index contributed by atoms with van der Waals surface area (Å²) in [5, 5.41) is 18.1. The van der Waals surface area contributed by atoms with Crippen LogP contribution >= 0.6 is 11.8 Å². The molecule has 0 bridgehead atoms. The molecule has 0 aliphatic carbocycles. The molecule has 1 saturated heterocycles. The Morgan fingerprint density at radius 3 is 2.73 bits per heavy atom. The Hall–Kier alpha value is -0.220. The Morgan fingerprint density at radius 1 is 1.73 bits per heavy atom. The van der Waals surface area contributed by atoms with Gasteiger partial charge in [0.15, 0.2) is 5.60 Å². The molecule has 0 aromatic rings. The normalized spacial score (nSPS) is 38.5. The van der Waals surface area contributed by atoms with E-state index in [2.05, 4.69) is 0 Å². The van der Waals surface area contributed by atoms with E-state index < -0.39 is 11.6 Å². The quantitative estimate of drug-likeness (QED) is 0.618. The molecular weight excluding hydrogens is 164 g/mol. The number of carbonyl (C=O) groups is 1. The van der Waals surface area contributed by atoms with Crippen LogP contribution in [-0.4, -0.2) is 32.8 Å². The number of carboxylic acid groups (broad SMARTS) is 1. The smallest absolute Gasteiger partial charge is 0.336 e. The maximum Gasteiger partial charge on any atom is 0.336 e. The van der Waals surface area contributed by atoms with Crippen molar-refractivity contribution in [3.8, 4) is 0 Å². The van der Waals surface area contributed by atoms with Crippen LogP contribution in [0.15, 0.2) is 0 Å². The highest BCUT2D eigenvalue weighted by Crippen LogP contribution is 2.33. The van der Waals surface area contributed by atoms with Crippen LogP contribution in [0.3, 0.4) is 0 Å². The molecule has 1 aliphatic heterocycles. The average Bonchev–Trinajstić information content (AvgIpc) is 1.95. The van der Waals surface area contributed by atoms with Crippen LogP contribution in [-0.2, 0) is 4.79 Å². The van der Waals surface area contributed by atoms with E-state index in [0.717, 1.165) is 12.2 Å². The number of aliphatic hydroxyl groups is 1. The molecule has 1 rings (SSSR count). The molecule has 0 aromatic carbocycles. The van der Waals surface area contributed by atoms with Crippen molar-refractivity contribution in [1.29, 1.82) is 0 Å². The maximum atomic E-state index is 10.6. The molecule has 0 amide bonds. The zero-order chi connectivity index (χ0) is 8.48. The van der Waals surface area contributed by atoms with Gasteiger partial charge < -0.3 is 10.2 Å². The molecule has 2 unspecified atom stereocenters. The highest BCUT2D eigenvalue weighted by atomic mass is 32.2. The molecule has 0 radical (unpaired) electrons. The van der Waals surface area contributed by atoms with Gasteiger partial charge in [0.25, 0.3) is 0 Å². The van der Waals surface area contributed by atoms with Gasteiger partial charge in [0.1, 0.15) is 0 Å². The van der Waals surface area contributed by atoms with Gasteiger partial charge in [0.05, 0.1) is 0 Å². The van der Waals surface area contributed by atoms with Gasteiger partial charge >= 0.3 is 5.97 Å². The van der Waals surface area contributed by atoms with E-state index in [1.54, 1.807) is 6.92 Å². The van der Waals surface area contributed by atoms with Gasteiger partial charge in [-0.25, -0.2) is 4.79 Å². The Morgan fingerprint density at radius 2 is 2.36 bits per heavy atom. The highest BCUT2D eigenvalue weighted by molar-refractivity contribution is 8.00. The molecular formula is C7H12O3S. The standard InChI is InChI=1S/C7H12O3S/c1-5-7(10,6(8)9)3-2-4-11-5/h5,10H,2-4H2,1H3,(H,8,9). The van der Waals surface area contributed by atoms with E-state index in [4.69, 9.17) is 5.11 Å². The molecule has 1 heterocycles. The SMILES string of the molecule is CC1SCCCC1(O)C(=O)O. The average molecular weight is 176 g/mol. The van der Waals surface area contributed by atoms with Gasteiger partial charge in [-0.2, -0.15) is 11.8 Å². The van der Waals surface area contributed by atoms with Crippen molar-refractivity contribution in [3.05, 3.63) is 0 Å². The molecule has 0 saturated carbocycles. The van der Waals surface area contributed by atoms with Crippen LogP contribution in [0.1, 0.15) is 19.8 Å². The van der Waals surface area contributed by atoms with Crippen molar-refractivity contribution in [1.82, 2.24) is 0 Å². The number of carboxylic acids is 1. The van der Waals surface area contributed by atoms with E-state index in [0.29, 0.717) is 6.42 Å². The fourth-order valence-corrected chi connectivity index (χ4v) is 2.38. The first-order valence-corrected chi connectivity index (χ1v) is 4.69. The van der Waals surface area contributed by atoms with Gasteiger partial charge in [0, 0.05) is 5.25 Å². The lowest BCUT2D eigenvalue weighted by atomic mass is 9.94. The molecule has 1 aliphatic rings. The summed E-state index contributed by atoms with van der Waals surface area (Å²) in [4.78, 5) is 10.6. The first-order chi connectivity index (χ1) is 5.07. The molecule has 11 heavy (non-hydrogen) atoms. The van der Waals surface area contributed by atoms with E-state index in [1.807, 2.05) is 0 Å². The fraction of sp³-hybridized carbons (Fsp3) is 0.857. The molecule has 2 atom stereocenters. The topological polar surface area (TPSA) is 57.5 Å². The zero-order valence-corrected chi connectivity index (χ0v) is 7.23. The Kier molecular flexibility index (Phi) is 2.44. The Bertz CT molecular complexity index is 171. The number of rotatable bonds is 1. The predicted molar refractivity (Wildman–Crippen MR) is 43.7 cm³/mol. The molecule has 0 spiro atoms. The van der Waals surface area contributed by atoms with Gasteiger partial charge in [-0.15, -0.1) is 0 Å². The second-order valence-electron chi connectivity index (χ2n) is 2.85. The van der Waals surface area contributed by atoms with E-state index in [9.17, 15) is 9.90 Å². The minimum absolute atomic E-state index is 0.186. The summed E-state index contributed by atoms with van der Waals surface area (Å²) >= 11 is 1.52. The summed E-state index contributed by atoms with van der Waals surface area (Å²) in [6.45, 7) is 1.76. The minimum Gasteiger partial charge on any atom is -0.479 e. The number of hydrogen-bond donors (Lipinski definition) is 2. The van der Waals surface area contributed by atoms with Crippen LogP contribution in [0, 0.1) is 0 Å². The van der Waals surface area contributed by atoms with Crippen LogP contribution in [0.5, 0.6) is 0 Å². The van der Waals surface area contributed by atoms with Crippen LogP contribution in [0.25, 0.3) is 0 Å². The van der Waals surface area contributed by atoms with Crippen molar-refractivity contribution < 1.29 is 15.0 Å². The summed E-state index contributed by atoms with van der Waals surface area (Å²) in [5.74, 6) is -0.131. The first kappa shape index (κ1) is 8.87. The monoisotopic (exact) mass is 176 g/mol. The summed E-state index contributed by atoms with van der Waals surface area (Å²) < 4.78 is 0. The molecule has 2 N–H and O–H groups in total. The lowest BCUT2D eigenvalue weighted by Crippen LogP contribution is -2.48. The van der Waals surface area contributed by atoms with Crippen molar-refractivity contribution >= 4 is 17.7 Å². The van der Waals surface area contributed by atoms with Gasteiger partial charge in [-0.05, 0) is 25.5 Å². The molecule has 3 nitrogen and oxygen atoms in total. The molecule has 64 valence electrons. The zero-order valence-electron chi connectivity index (χ0n) is 6.41. The van der Waals surface area contributed by atoms with Gasteiger partial charge in [-0.1, -0.05) is 0 Å². The minimum atomic E-state index is -1.48. The lowest BCUT2D eigenvalue weighted by Gasteiger charge is -2.33. The molecule has 0 aromatic heterocycles. The number of aliphatic carboxylic acids is 1. The van der Waals surface area contributed by atoms with Crippen LogP contribution < -0.4 is 0 Å². The largest absolute Gasteiger partial charge is 0.479 e. The fourth-order valence-electron chi connectivity index (χ4n) is 1.22. The Balaban J connectivity index is 2.72. The van der Waals surface area contributed by atoms with Crippen molar-refractivity contribution in [2.24, 2.45) is 0 Å². The molecule has 1 fully saturated rings. The van der Waals surface area contributed by atoms with Crippen LogP contribution in [0.4, 0.5) is 0 Å². The Labute approximate surface area is 69.8 Å². The van der Waals surface area contributed by atoms with Crippen molar-refractivity contribution in [2.75, 3.05) is 5.75 Å². The molecule has 4 heteroatoms. The highest BCUT2D eigenvalue weighted by Gasteiger charge is 2.43. The van der Waals surface area contributed by atoms with Crippen molar-refractivity contribution in [2.45, 2.75) is 30.6 Å². The third kappa shape index (κ3) is 1.51. The third-order valence-electron chi connectivity index (χ3n) is 2.11. The van der Waals surface area contributed by atoms with Crippen LogP contribution in [0.2, 0.25) is 0 Å². The van der Waals surface area contributed by atoms with E-state index in [-0.39, 0.29) is 5.25 Å². The van der Waals surface area contributed by atoms with E-state index in [1.165, 1.54) is 11.8 Å². The van der Waals surface area contributed by atoms with E-state index >= 15 is 0 Å². The third-order valence-corrected chi connectivity index (χ3v) is 3.53. The maximum absolute atomic E-state index is 10.6. The predicted octanol–water partition coefficient (Wildman–Crippen LogP) is 0.718. The first-order valence-electron chi connectivity index (χ1n) is 3.65. The summed E-state index contributed by atoms with van der Waals surface area (Å²) in [7, 11) is 0. The number of thioether (sulfide) groups is 1. The number of hydrogen-bond acceptors (Lipinski definition) is 3. The van der Waals surface area contributed by atoms with Gasteiger partial charge in [0.2, 0.25) is 0 Å². The summed E-state index contributed by atoms with van der Waals surface area (Å²) in [6.07, 6.45) is 1.17. The summed E-state index contributed by atoms with van der Waals surface area (Å²) in [6, 6.07) is 0. The second kappa shape index (κ2) is 3.03.